The van der Waals surface area contributed by atoms with Crippen LogP contribution in [0.4, 0.5) is 13.2 Å². The molecule has 28 heavy (non-hydrogen) atoms. The zero-order valence-corrected chi connectivity index (χ0v) is 15.8. The number of hydrogen-bond acceptors (Lipinski definition) is 3. The normalized spacial score (nSPS) is 15.7. The second-order valence-electron chi connectivity index (χ2n) is 7.12. The van der Waals surface area contributed by atoms with E-state index in [4.69, 9.17) is 0 Å². The standard InChI is InChI=1S/C20H22F3N3O2/c1-13-11-17(14(2)26(13)12-16-5-3-4-8-24-16)19(28)25-9-6-15(7-10-25)18(27)20(21,22)23/h3-5,8,11,15H,6-7,9-10,12H2,1-2H3. The maximum atomic E-state index is 12.9. The van der Waals surface area contributed by atoms with Crippen LogP contribution in [0.5, 0.6) is 0 Å². The largest absolute Gasteiger partial charge is 0.450 e. The molecular formula is C20H22F3N3O2. The van der Waals surface area contributed by atoms with Gasteiger partial charge in [0, 0.05) is 36.6 Å². The fourth-order valence-electron chi connectivity index (χ4n) is 3.66. The number of aromatic nitrogens is 2. The van der Waals surface area contributed by atoms with E-state index in [1.54, 1.807) is 12.3 Å². The maximum Gasteiger partial charge on any atom is 0.450 e. The average molecular weight is 393 g/mol. The summed E-state index contributed by atoms with van der Waals surface area (Å²) in [5, 5.41) is 0. The number of piperidine rings is 1. The second-order valence-corrected chi connectivity index (χ2v) is 7.12. The Kier molecular flexibility index (Phi) is 5.58. The van der Waals surface area contributed by atoms with Gasteiger partial charge in [-0.05, 0) is 44.9 Å². The topological polar surface area (TPSA) is 55.2 Å². The van der Waals surface area contributed by atoms with Gasteiger partial charge in [-0.2, -0.15) is 13.2 Å². The molecule has 5 nitrogen and oxygen atoms in total. The molecule has 0 aromatic carbocycles. The van der Waals surface area contributed by atoms with Crippen molar-refractivity contribution in [2.75, 3.05) is 13.1 Å². The van der Waals surface area contributed by atoms with Crippen molar-refractivity contribution in [2.45, 2.75) is 39.4 Å². The molecule has 0 unspecified atom stereocenters. The Labute approximate surface area is 161 Å². The van der Waals surface area contributed by atoms with Crippen molar-refractivity contribution in [2.24, 2.45) is 5.92 Å². The molecule has 2 aromatic heterocycles. The average Bonchev–Trinajstić information content (AvgIpc) is 2.95. The number of carbonyl (C=O) groups is 2. The molecule has 0 aliphatic carbocycles. The number of alkyl halides is 3. The van der Waals surface area contributed by atoms with Gasteiger partial charge in [-0.3, -0.25) is 14.6 Å². The zero-order chi connectivity index (χ0) is 20.5. The van der Waals surface area contributed by atoms with Crippen LogP contribution >= 0.6 is 0 Å². The van der Waals surface area contributed by atoms with Crippen LogP contribution < -0.4 is 0 Å². The summed E-state index contributed by atoms with van der Waals surface area (Å²) in [7, 11) is 0. The van der Waals surface area contributed by atoms with Crippen molar-refractivity contribution in [3.8, 4) is 0 Å². The third kappa shape index (κ3) is 4.10. The lowest BCUT2D eigenvalue weighted by Crippen LogP contribution is -2.43. The molecule has 0 atom stereocenters. The Hall–Kier alpha value is -2.64. The Morgan fingerprint density at radius 2 is 1.86 bits per heavy atom. The molecule has 3 heterocycles. The first-order valence-corrected chi connectivity index (χ1v) is 9.15. The number of pyridine rings is 1. The Balaban J connectivity index is 1.70. The number of likely N-dealkylation sites (tertiary alicyclic amines) is 1. The van der Waals surface area contributed by atoms with Gasteiger partial charge in [0.1, 0.15) is 0 Å². The van der Waals surface area contributed by atoms with Gasteiger partial charge in [0.05, 0.1) is 17.8 Å². The van der Waals surface area contributed by atoms with Crippen molar-refractivity contribution >= 4 is 11.7 Å². The van der Waals surface area contributed by atoms with E-state index in [0.29, 0.717) is 12.1 Å². The van der Waals surface area contributed by atoms with Gasteiger partial charge in [-0.1, -0.05) is 6.07 Å². The van der Waals surface area contributed by atoms with Gasteiger partial charge < -0.3 is 9.47 Å². The summed E-state index contributed by atoms with van der Waals surface area (Å²) in [6, 6.07) is 7.44. The minimum absolute atomic E-state index is 0.0384. The van der Waals surface area contributed by atoms with Crippen LogP contribution in [0.3, 0.4) is 0 Å². The summed E-state index contributed by atoms with van der Waals surface area (Å²) in [6.07, 6.45) is -3.03. The quantitative estimate of drug-likeness (QED) is 0.799. The minimum atomic E-state index is -4.81. The van der Waals surface area contributed by atoms with E-state index in [2.05, 4.69) is 4.98 Å². The molecule has 2 aromatic rings. The van der Waals surface area contributed by atoms with E-state index in [1.165, 1.54) is 4.90 Å². The number of ketones is 1. The van der Waals surface area contributed by atoms with Gasteiger partial charge in [-0.25, -0.2) is 0 Å². The van der Waals surface area contributed by atoms with Gasteiger partial charge in [-0.15, -0.1) is 0 Å². The first-order valence-electron chi connectivity index (χ1n) is 9.15. The van der Waals surface area contributed by atoms with E-state index in [-0.39, 0.29) is 31.8 Å². The lowest BCUT2D eigenvalue weighted by atomic mass is 9.92. The molecule has 150 valence electrons. The first kappa shape index (κ1) is 20.1. The first-order chi connectivity index (χ1) is 13.2. The zero-order valence-electron chi connectivity index (χ0n) is 15.8. The van der Waals surface area contributed by atoms with Crippen molar-refractivity contribution in [3.63, 3.8) is 0 Å². The highest BCUT2D eigenvalue weighted by atomic mass is 19.4. The Morgan fingerprint density at radius 3 is 2.43 bits per heavy atom. The van der Waals surface area contributed by atoms with E-state index in [0.717, 1.165) is 17.1 Å². The molecule has 3 rings (SSSR count). The summed E-state index contributed by atoms with van der Waals surface area (Å²) in [4.78, 5) is 30.1. The molecule has 1 amide bonds. The number of nitrogens with zero attached hydrogens (tertiary/aromatic N) is 3. The van der Waals surface area contributed by atoms with E-state index >= 15 is 0 Å². The van der Waals surface area contributed by atoms with Gasteiger partial charge in [0.25, 0.3) is 5.91 Å². The van der Waals surface area contributed by atoms with E-state index in [9.17, 15) is 22.8 Å². The van der Waals surface area contributed by atoms with Crippen LogP contribution in [0.1, 0.15) is 40.3 Å². The van der Waals surface area contributed by atoms with Crippen molar-refractivity contribution < 1.29 is 22.8 Å². The maximum absolute atomic E-state index is 12.9. The van der Waals surface area contributed by atoms with Crippen LogP contribution in [0, 0.1) is 19.8 Å². The molecule has 0 radical (unpaired) electrons. The highest BCUT2D eigenvalue weighted by molar-refractivity contribution is 5.96. The number of hydrogen-bond donors (Lipinski definition) is 0. The van der Waals surface area contributed by atoms with Crippen LogP contribution in [-0.4, -0.2) is 45.4 Å². The SMILES string of the molecule is Cc1cc(C(=O)N2CCC(C(=O)C(F)(F)F)CC2)c(C)n1Cc1ccccn1. The molecule has 8 heteroatoms. The van der Waals surface area contributed by atoms with Gasteiger partial charge in [0.15, 0.2) is 0 Å². The molecule has 0 N–H and O–H groups in total. The molecule has 0 saturated carbocycles. The van der Waals surface area contributed by atoms with Crippen molar-refractivity contribution in [1.82, 2.24) is 14.5 Å². The summed E-state index contributed by atoms with van der Waals surface area (Å²) >= 11 is 0. The van der Waals surface area contributed by atoms with Crippen LogP contribution in [0.15, 0.2) is 30.5 Å². The number of Topliss-reactive ketones (excluding diaryl/α,β-unsaturated/α-hetero) is 1. The number of carbonyl (C=O) groups excluding carboxylic acids is 2. The lowest BCUT2D eigenvalue weighted by Gasteiger charge is -2.31. The molecule has 1 aliphatic rings. The van der Waals surface area contributed by atoms with Crippen LogP contribution in [0.2, 0.25) is 0 Å². The summed E-state index contributed by atoms with van der Waals surface area (Å²) in [5.74, 6) is -2.95. The van der Waals surface area contributed by atoms with Gasteiger partial charge in [0.2, 0.25) is 5.78 Å². The Morgan fingerprint density at radius 1 is 1.18 bits per heavy atom. The van der Waals surface area contributed by atoms with E-state index < -0.39 is 17.9 Å². The minimum Gasteiger partial charge on any atom is -0.342 e. The van der Waals surface area contributed by atoms with Gasteiger partial charge >= 0.3 is 6.18 Å². The molecule has 1 fully saturated rings. The molecule has 1 saturated heterocycles. The summed E-state index contributed by atoms with van der Waals surface area (Å²) in [5.41, 5.74) is 3.11. The molecular weight excluding hydrogens is 371 g/mol. The number of rotatable bonds is 4. The number of halogens is 3. The van der Waals surface area contributed by atoms with Crippen molar-refractivity contribution in [3.05, 3.63) is 53.1 Å². The number of amides is 1. The molecule has 0 bridgehead atoms. The molecule has 0 spiro atoms. The summed E-state index contributed by atoms with van der Waals surface area (Å²) in [6.45, 7) is 4.59. The monoisotopic (exact) mass is 393 g/mol. The Bertz CT molecular complexity index is 867. The fourth-order valence-corrected chi connectivity index (χ4v) is 3.66. The third-order valence-electron chi connectivity index (χ3n) is 5.28. The number of aryl methyl sites for hydroxylation is 1. The predicted molar refractivity (Wildman–Crippen MR) is 96.9 cm³/mol. The highest BCUT2D eigenvalue weighted by Gasteiger charge is 2.44. The van der Waals surface area contributed by atoms with Crippen LogP contribution in [0.25, 0.3) is 0 Å². The highest BCUT2D eigenvalue weighted by Crippen LogP contribution is 2.29. The van der Waals surface area contributed by atoms with Crippen LogP contribution in [-0.2, 0) is 11.3 Å². The predicted octanol–water partition coefficient (Wildman–Crippen LogP) is 3.53. The van der Waals surface area contributed by atoms with Crippen molar-refractivity contribution in [1.29, 1.82) is 0 Å². The smallest absolute Gasteiger partial charge is 0.342 e. The molecule has 1 aliphatic heterocycles. The summed E-state index contributed by atoms with van der Waals surface area (Å²) < 4.78 is 39.8. The second kappa shape index (κ2) is 7.77. The fraction of sp³-hybridized carbons (Fsp3) is 0.450. The lowest BCUT2D eigenvalue weighted by molar-refractivity contribution is -0.176. The third-order valence-corrected chi connectivity index (χ3v) is 5.28. The van der Waals surface area contributed by atoms with E-state index in [1.807, 2.05) is 36.6 Å².